The molecule has 0 fully saturated rings. The molecule has 4 nitrogen and oxygen atoms in total. The van der Waals surface area contributed by atoms with E-state index in [9.17, 15) is 4.79 Å². The van der Waals surface area contributed by atoms with Crippen molar-refractivity contribution < 1.29 is 4.42 Å². The highest BCUT2D eigenvalue weighted by Gasteiger charge is 2.21. The molecule has 2 aromatic carbocycles. The maximum absolute atomic E-state index is 12.1. The SMILES string of the molecule is CCN(CC)c1oc(=O)nc(-c2ccccc2)c1-c1ccccc1. The largest absolute Gasteiger partial charge is 0.440 e. The summed E-state index contributed by atoms with van der Waals surface area (Å²) in [5, 5.41) is 0. The monoisotopic (exact) mass is 320 g/mol. The van der Waals surface area contributed by atoms with Crippen LogP contribution in [0.5, 0.6) is 0 Å². The third-order valence-electron chi connectivity index (χ3n) is 4.00. The van der Waals surface area contributed by atoms with E-state index in [0.29, 0.717) is 11.6 Å². The van der Waals surface area contributed by atoms with Gasteiger partial charge in [0.25, 0.3) is 0 Å². The Morgan fingerprint density at radius 3 is 1.96 bits per heavy atom. The van der Waals surface area contributed by atoms with E-state index in [1.165, 1.54) is 0 Å². The number of anilines is 1. The topological polar surface area (TPSA) is 46.3 Å². The zero-order valence-electron chi connectivity index (χ0n) is 13.9. The van der Waals surface area contributed by atoms with Crippen molar-refractivity contribution >= 4 is 5.88 Å². The van der Waals surface area contributed by atoms with Crippen LogP contribution in [0.1, 0.15) is 13.8 Å². The second-order valence-corrected chi connectivity index (χ2v) is 5.41. The Balaban J connectivity index is 2.35. The zero-order valence-corrected chi connectivity index (χ0v) is 13.9. The van der Waals surface area contributed by atoms with Crippen molar-refractivity contribution in [1.82, 2.24) is 4.98 Å². The molecule has 0 atom stereocenters. The summed E-state index contributed by atoms with van der Waals surface area (Å²) in [7, 11) is 0. The molecule has 0 spiro atoms. The fourth-order valence-electron chi connectivity index (χ4n) is 2.81. The molecule has 0 N–H and O–H groups in total. The summed E-state index contributed by atoms with van der Waals surface area (Å²) in [6, 6.07) is 19.7. The van der Waals surface area contributed by atoms with Gasteiger partial charge in [0.05, 0.1) is 11.3 Å². The van der Waals surface area contributed by atoms with Gasteiger partial charge in [0, 0.05) is 18.7 Å². The summed E-state index contributed by atoms with van der Waals surface area (Å²) < 4.78 is 5.53. The van der Waals surface area contributed by atoms with Gasteiger partial charge in [-0.2, -0.15) is 4.98 Å². The van der Waals surface area contributed by atoms with Crippen molar-refractivity contribution in [3.05, 3.63) is 71.2 Å². The predicted octanol–water partition coefficient (Wildman–Crippen LogP) is 4.22. The molecule has 0 aliphatic rings. The molecule has 0 saturated heterocycles. The molecule has 0 aliphatic heterocycles. The number of nitrogens with zero attached hydrogens (tertiary/aromatic N) is 2. The first-order chi connectivity index (χ1) is 11.7. The van der Waals surface area contributed by atoms with Gasteiger partial charge in [0.1, 0.15) is 0 Å². The van der Waals surface area contributed by atoms with Gasteiger partial charge < -0.3 is 9.32 Å². The Hall–Kier alpha value is -2.88. The van der Waals surface area contributed by atoms with Crippen LogP contribution < -0.4 is 10.7 Å². The standard InChI is InChI=1S/C20H20N2O2/c1-3-22(4-2)19-17(15-11-7-5-8-12-15)18(21-20(23)24-19)16-13-9-6-10-14-16/h5-14H,3-4H2,1-2H3. The fraction of sp³-hybridized carbons (Fsp3) is 0.200. The first-order valence-electron chi connectivity index (χ1n) is 8.15. The molecule has 4 heteroatoms. The van der Waals surface area contributed by atoms with Crippen LogP contribution in [0.3, 0.4) is 0 Å². The molecule has 0 saturated carbocycles. The van der Waals surface area contributed by atoms with Crippen LogP contribution in [0.4, 0.5) is 5.88 Å². The van der Waals surface area contributed by atoms with E-state index in [4.69, 9.17) is 4.42 Å². The summed E-state index contributed by atoms with van der Waals surface area (Å²) in [6.07, 6.45) is 0. The van der Waals surface area contributed by atoms with Gasteiger partial charge in [0.15, 0.2) is 0 Å². The van der Waals surface area contributed by atoms with E-state index in [1.54, 1.807) is 0 Å². The molecular weight excluding hydrogens is 300 g/mol. The maximum atomic E-state index is 12.1. The van der Waals surface area contributed by atoms with E-state index in [2.05, 4.69) is 4.98 Å². The molecule has 3 rings (SSSR count). The minimum Gasteiger partial charge on any atom is -0.391 e. The summed E-state index contributed by atoms with van der Waals surface area (Å²) in [5.74, 6) is 0.000451. The Morgan fingerprint density at radius 2 is 1.42 bits per heavy atom. The predicted molar refractivity (Wildman–Crippen MR) is 97.2 cm³/mol. The zero-order chi connectivity index (χ0) is 16.9. The third-order valence-corrected chi connectivity index (χ3v) is 4.00. The normalized spacial score (nSPS) is 10.6. The maximum Gasteiger partial charge on any atom is 0.440 e. The van der Waals surface area contributed by atoms with Crippen LogP contribution in [-0.2, 0) is 0 Å². The Labute approximate surface area is 141 Å². The van der Waals surface area contributed by atoms with Crippen LogP contribution in [0.25, 0.3) is 22.4 Å². The first-order valence-corrected chi connectivity index (χ1v) is 8.15. The van der Waals surface area contributed by atoms with E-state index < -0.39 is 5.76 Å². The molecule has 0 amide bonds. The number of aromatic nitrogens is 1. The number of rotatable bonds is 5. The molecule has 0 bridgehead atoms. The minimum absolute atomic E-state index is 0.574. The van der Waals surface area contributed by atoms with E-state index >= 15 is 0 Å². The minimum atomic E-state index is -0.574. The van der Waals surface area contributed by atoms with Crippen LogP contribution in [-0.4, -0.2) is 18.1 Å². The molecular formula is C20H20N2O2. The van der Waals surface area contributed by atoms with Crippen LogP contribution >= 0.6 is 0 Å². The highest BCUT2D eigenvalue weighted by atomic mass is 16.4. The Morgan fingerprint density at radius 1 is 0.875 bits per heavy atom. The molecule has 0 unspecified atom stereocenters. The van der Waals surface area contributed by atoms with Crippen molar-refractivity contribution in [1.29, 1.82) is 0 Å². The lowest BCUT2D eigenvalue weighted by molar-refractivity contribution is 0.479. The van der Waals surface area contributed by atoms with Gasteiger partial charge in [-0.3, -0.25) is 0 Å². The van der Waals surface area contributed by atoms with Crippen molar-refractivity contribution in [3.63, 3.8) is 0 Å². The second kappa shape index (κ2) is 7.13. The summed E-state index contributed by atoms with van der Waals surface area (Å²) in [5.41, 5.74) is 3.39. The molecule has 24 heavy (non-hydrogen) atoms. The van der Waals surface area contributed by atoms with Crippen LogP contribution in [0.2, 0.25) is 0 Å². The summed E-state index contributed by atoms with van der Waals surface area (Å²) in [6.45, 7) is 5.58. The van der Waals surface area contributed by atoms with Crippen molar-refractivity contribution in [3.8, 4) is 22.4 Å². The first kappa shape index (κ1) is 16.0. The average Bonchev–Trinajstić information content (AvgIpc) is 2.64. The van der Waals surface area contributed by atoms with Crippen molar-refractivity contribution in [2.45, 2.75) is 13.8 Å². The lowest BCUT2D eigenvalue weighted by Gasteiger charge is -2.23. The lowest BCUT2D eigenvalue weighted by Crippen LogP contribution is -2.25. The highest BCUT2D eigenvalue weighted by Crippen LogP contribution is 2.37. The van der Waals surface area contributed by atoms with E-state index in [-0.39, 0.29) is 0 Å². The number of benzene rings is 2. The van der Waals surface area contributed by atoms with Crippen LogP contribution in [0, 0.1) is 0 Å². The molecule has 122 valence electrons. The van der Waals surface area contributed by atoms with E-state index in [1.807, 2.05) is 79.4 Å². The molecule has 1 aromatic heterocycles. The fourth-order valence-corrected chi connectivity index (χ4v) is 2.81. The van der Waals surface area contributed by atoms with Crippen molar-refractivity contribution in [2.24, 2.45) is 0 Å². The Kier molecular flexibility index (Phi) is 4.75. The van der Waals surface area contributed by atoms with Gasteiger partial charge in [0.2, 0.25) is 5.88 Å². The van der Waals surface area contributed by atoms with Gasteiger partial charge in [-0.25, -0.2) is 4.79 Å². The molecule has 1 heterocycles. The van der Waals surface area contributed by atoms with Gasteiger partial charge in [-0.15, -0.1) is 0 Å². The number of hydrogen-bond donors (Lipinski definition) is 0. The lowest BCUT2D eigenvalue weighted by atomic mass is 10.00. The summed E-state index contributed by atoms with van der Waals surface area (Å²) >= 11 is 0. The molecule has 0 radical (unpaired) electrons. The van der Waals surface area contributed by atoms with E-state index in [0.717, 1.165) is 29.8 Å². The average molecular weight is 320 g/mol. The smallest absolute Gasteiger partial charge is 0.391 e. The quantitative estimate of drug-likeness (QED) is 0.706. The van der Waals surface area contributed by atoms with Gasteiger partial charge in [-0.05, 0) is 19.4 Å². The third kappa shape index (κ3) is 3.08. The molecule has 0 aliphatic carbocycles. The number of hydrogen-bond acceptors (Lipinski definition) is 4. The van der Waals surface area contributed by atoms with Crippen molar-refractivity contribution in [2.75, 3.05) is 18.0 Å². The molecule has 3 aromatic rings. The second-order valence-electron chi connectivity index (χ2n) is 5.41. The Bertz CT molecular complexity index is 854. The highest BCUT2D eigenvalue weighted by molar-refractivity contribution is 5.87. The van der Waals surface area contributed by atoms with Gasteiger partial charge in [-0.1, -0.05) is 60.7 Å². The van der Waals surface area contributed by atoms with Crippen LogP contribution in [0.15, 0.2) is 69.9 Å². The van der Waals surface area contributed by atoms with Gasteiger partial charge >= 0.3 is 5.76 Å². The summed E-state index contributed by atoms with van der Waals surface area (Å²) in [4.78, 5) is 18.3.